The molecule has 0 amide bonds. The molecule has 98 valence electrons. The van der Waals surface area contributed by atoms with Crippen LogP contribution in [0.5, 0.6) is 5.75 Å². The highest BCUT2D eigenvalue weighted by atomic mass is 16.5. The van der Waals surface area contributed by atoms with Crippen molar-refractivity contribution >= 4 is 0 Å². The van der Waals surface area contributed by atoms with Crippen molar-refractivity contribution in [3.63, 3.8) is 0 Å². The number of allylic oxidation sites excluding steroid dienone is 1. The zero-order valence-corrected chi connectivity index (χ0v) is 11.2. The van der Waals surface area contributed by atoms with Crippen LogP contribution in [0.1, 0.15) is 50.6 Å². The fourth-order valence-electron chi connectivity index (χ4n) is 2.56. The van der Waals surface area contributed by atoms with E-state index >= 15 is 0 Å². The first-order chi connectivity index (χ1) is 8.81. The quantitative estimate of drug-likeness (QED) is 0.796. The van der Waals surface area contributed by atoms with Crippen molar-refractivity contribution in [3.05, 3.63) is 41.5 Å². The number of hydrogen-bond donors (Lipinski definition) is 1. The lowest BCUT2D eigenvalue weighted by molar-refractivity contribution is 0.334. The van der Waals surface area contributed by atoms with Crippen LogP contribution in [0, 0.1) is 0 Å². The van der Waals surface area contributed by atoms with Gasteiger partial charge < -0.3 is 10.5 Å². The average molecular weight is 245 g/mol. The summed E-state index contributed by atoms with van der Waals surface area (Å²) >= 11 is 0. The summed E-state index contributed by atoms with van der Waals surface area (Å²) in [7, 11) is 0. The zero-order valence-electron chi connectivity index (χ0n) is 11.2. The molecule has 1 aromatic rings. The molecule has 2 N–H and O–H groups in total. The van der Waals surface area contributed by atoms with Crippen LogP contribution in [0.3, 0.4) is 0 Å². The molecule has 0 saturated heterocycles. The fourth-order valence-corrected chi connectivity index (χ4v) is 2.56. The Morgan fingerprint density at radius 1 is 1.28 bits per heavy atom. The molecule has 1 aromatic carbocycles. The van der Waals surface area contributed by atoms with Gasteiger partial charge in [0.05, 0.1) is 6.61 Å². The molecule has 1 aliphatic carbocycles. The molecule has 2 nitrogen and oxygen atoms in total. The van der Waals surface area contributed by atoms with Gasteiger partial charge in [-0.25, -0.2) is 0 Å². The summed E-state index contributed by atoms with van der Waals surface area (Å²) in [6.07, 6.45) is 8.40. The predicted octanol–water partition coefficient (Wildman–Crippen LogP) is 3.98. The molecule has 0 fully saturated rings. The van der Waals surface area contributed by atoms with Gasteiger partial charge in [-0.3, -0.25) is 0 Å². The molecular weight excluding hydrogens is 222 g/mol. The molecule has 0 saturated carbocycles. The first kappa shape index (κ1) is 13.2. The third-order valence-electron chi connectivity index (χ3n) is 3.49. The van der Waals surface area contributed by atoms with Crippen LogP contribution in [-0.2, 0) is 0 Å². The van der Waals surface area contributed by atoms with E-state index in [0.29, 0.717) is 6.61 Å². The lowest BCUT2D eigenvalue weighted by atomic mass is 9.92. The third-order valence-corrected chi connectivity index (χ3v) is 3.49. The molecule has 1 atom stereocenters. The van der Waals surface area contributed by atoms with Crippen molar-refractivity contribution in [2.45, 2.75) is 45.1 Å². The van der Waals surface area contributed by atoms with E-state index < -0.39 is 0 Å². The minimum atomic E-state index is 0.0529. The van der Waals surface area contributed by atoms with Gasteiger partial charge in [0, 0.05) is 11.6 Å². The van der Waals surface area contributed by atoms with E-state index in [1.807, 2.05) is 25.1 Å². The predicted molar refractivity (Wildman–Crippen MR) is 75.7 cm³/mol. The second-order valence-corrected chi connectivity index (χ2v) is 4.89. The van der Waals surface area contributed by atoms with E-state index in [2.05, 4.69) is 12.1 Å². The van der Waals surface area contributed by atoms with Crippen molar-refractivity contribution in [1.82, 2.24) is 0 Å². The van der Waals surface area contributed by atoms with E-state index in [0.717, 1.165) is 17.7 Å². The van der Waals surface area contributed by atoms with E-state index in [4.69, 9.17) is 10.5 Å². The van der Waals surface area contributed by atoms with Crippen LogP contribution in [0.25, 0.3) is 0 Å². The first-order valence-corrected chi connectivity index (χ1v) is 6.96. The summed E-state index contributed by atoms with van der Waals surface area (Å²) in [5.74, 6) is 0.934. The van der Waals surface area contributed by atoms with Crippen LogP contribution in [0.2, 0.25) is 0 Å². The Bertz CT molecular complexity index is 411. The summed E-state index contributed by atoms with van der Waals surface area (Å²) in [6, 6.07) is 8.18. The van der Waals surface area contributed by atoms with Crippen LogP contribution >= 0.6 is 0 Å². The van der Waals surface area contributed by atoms with Crippen molar-refractivity contribution in [1.29, 1.82) is 0 Å². The Labute approximate surface area is 110 Å². The van der Waals surface area contributed by atoms with E-state index in [1.165, 1.54) is 31.3 Å². The van der Waals surface area contributed by atoms with Crippen LogP contribution in [0.15, 0.2) is 35.9 Å². The standard InChI is InChI=1S/C16H23NO/c1-2-18-16-11-7-6-10-14(16)15(17)12-13-8-4-3-5-9-13/h6-8,10-11,15H,2-5,9,12,17H2,1H3. The Morgan fingerprint density at radius 2 is 2.11 bits per heavy atom. The van der Waals surface area contributed by atoms with Crippen LogP contribution in [0.4, 0.5) is 0 Å². The van der Waals surface area contributed by atoms with E-state index in [1.54, 1.807) is 0 Å². The van der Waals surface area contributed by atoms with E-state index in [-0.39, 0.29) is 6.04 Å². The van der Waals surface area contributed by atoms with E-state index in [9.17, 15) is 0 Å². The van der Waals surface area contributed by atoms with Gasteiger partial charge in [-0.1, -0.05) is 29.8 Å². The Morgan fingerprint density at radius 3 is 2.83 bits per heavy atom. The highest BCUT2D eigenvalue weighted by Crippen LogP contribution is 2.30. The monoisotopic (exact) mass is 245 g/mol. The highest BCUT2D eigenvalue weighted by Gasteiger charge is 2.14. The number of rotatable bonds is 5. The molecular formula is C16H23NO. The van der Waals surface area contributed by atoms with Gasteiger partial charge >= 0.3 is 0 Å². The van der Waals surface area contributed by atoms with Crippen molar-refractivity contribution < 1.29 is 4.74 Å². The Kier molecular flexibility index (Phi) is 4.82. The SMILES string of the molecule is CCOc1ccccc1C(N)CC1=CCCCC1. The molecule has 0 spiro atoms. The molecule has 0 aliphatic heterocycles. The Balaban J connectivity index is 2.07. The first-order valence-electron chi connectivity index (χ1n) is 6.96. The topological polar surface area (TPSA) is 35.2 Å². The summed E-state index contributed by atoms with van der Waals surface area (Å²) < 4.78 is 5.65. The second-order valence-electron chi connectivity index (χ2n) is 4.89. The third kappa shape index (κ3) is 3.36. The number of ether oxygens (including phenoxy) is 1. The Hall–Kier alpha value is -1.28. The van der Waals surface area contributed by atoms with Gasteiger partial charge in [0.25, 0.3) is 0 Å². The maximum absolute atomic E-state index is 6.34. The molecule has 0 bridgehead atoms. The normalized spacial score (nSPS) is 17.1. The highest BCUT2D eigenvalue weighted by molar-refractivity contribution is 5.36. The molecule has 0 aromatic heterocycles. The minimum Gasteiger partial charge on any atom is -0.494 e. The van der Waals surface area contributed by atoms with Crippen molar-refractivity contribution in [3.8, 4) is 5.75 Å². The lowest BCUT2D eigenvalue weighted by Crippen LogP contribution is -2.13. The van der Waals surface area contributed by atoms with Gasteiger partial charge in [-0.15, -0.1) is 0 Å². The molecule has 1 aliphatic rings. The summed E-state index contributed by atoms with van der Waals surface area (Å²) in [5, 5.41) is 0. The smallest absolute Gasteiger partial charge is 0.124 e. The number of benzene rings is 1. The molecule has 2 rings (SSSR count). The van der Waals surface area contributed by atoms with Crippen molar-refractivity contribution in [2.24, 2.45) is 5.73 Å². The van der Waals surface area contributed by atoms with Gasteiger partial charge in [-0.2, -0.15) is 0 Å². The summed E-state index contributed by atoms with van der Waals surface area (Å²) in [5.41, 5.74) is 8.98. The van der Waals surface area contributed by atoms with Crippen LogP contribution < -0.4 is 10.5 Å². The molecule has 0 radical (unpaired) electrons. The van der Waals surface area contributed by atoms with Gasteiger partial charge in [0.2, 0.25) is 0 Å². The summed E-state index contributed by atoms with van der Waals surface area (Å²) in [4.78, 5) is 0. The lowest BCUT2D eigenvalue weighted by Gasteiger charge is -2.20. The molecule has 0 heterocycles. The molecule has 1 unspecified atom stereocenters. The maximum atomic E-state index is 6.34. The van der Waals surface area contributed by atoms with Gasteiger partial charge in [0.15, 0.2) is 0 Å². The fraction of sp³-hybridized carbons (Fsp3) is 0.500. The maximum Gasteiger partial charge on any atom is 0.124 e. The van der Waals surface area contributed by atoms with Gasteiger partial charge in [-0.05, 0) is 45.1 Å². The number of hydrogen-bond acceptors (Lipinski definition) is 2. The minimum absolute atomic E-state index is 0.0529. The second kappa shape index (κ2) is 6.60. The summed E-state index contributed by atoms with van der Waals surface area (Å²) in [6.45, 7) is 2.69. The number of nitrogens with two attached hydrogens (primary N) is 1. The zero-order chi connectivity index (χ0) is 12.8. The number of para-hydroxylation sites is 1. The van der Waals surface area contributed by atoms with Crippen LogP contribution in [-0.4, -0.2) is 6.61 Å². The largest absolute Gasteiger partial charge is 0.494 e. The molecule has 2 heteroatoms. The van der Waals surface area contributed by atoms with Gasteiger partial charge in [0.1, 0.15) is 5.75 Å². The average Bonchev–Trinajstić information content (AvgIpc) is 2.41. The van der Waals surface area contributed by atoms with Crippen molar-refractivity contribution in [2.75, 3.05) is 6.61 Å². The molecule has 18 heavy (non-hydrogen) atoms.